The summed E-state index contributed by atoms with van der Waals surface area (Å²) in [6, 6.07) is 4.11. The summed E-state index contributed by atoms with van der Waals surface area (Å²) in [4.78, 5) is 20.2. The summed E-state index contributed by atoms with van der Waals surface area (Å²) < 4.78 is 12.9. The largest absolute Gasteiger partial charge is 0.490 e. The van der Waals surface area contributed by atoms with Crippen molar-refractivity contribution in [1.29, 1.82) is 0 Å². The van der Waals surface area contributed by atoms with E-state index in [1.807, 2.05) is 19.9 Å². The quantitative estimate of drug-likeness (QED) is 0.373. The van der Waals surface area contributed by atoms with Gasteiger partial charge in [0.05, 0.1) is 24.6 Å². The fourth-order valence-electron chi connectivity index (χ4n) is 4.09. The van der Waals surface area contributed by atoms with E-state index < -0.39 is 6.10 Å². The lowest BCUT2D eigenvalue weighted by Gasteiger charge is -2.17. The molecular formula is C24H30N2O4S2. The molecule has 0 unspecified atom stereocenters. The first-order valence-corrected chi connectivity index (χ1v) is 12.8. The predicted molar refractivity (Wildman–Crippen MR) is 131 cm³/mol. The topological polar surface area (TPSA) is 73.6 Å². The molecule has 0 bridgehead atoms. The molecule has 32 heavy (non-hydrogen) atoms. The Balaban J connectivity index is 1.51. The Morgan fingerprint density at radius 1 is 1.25 bits per heavy atom. The zero-order valence-corrected chi connectivity index (χ0v) is 20.7. The van der Waals surface area contributed by atoms with Crippen LogP contribution in [0, 0.1) is 20.8 Å². The number of hydrogen-bond acceptors (Lipinski definition) is 7. The Hall–Kier alpha value is -1.87. The number of nitrogens with zero attached hydrogens (tertiary/aromatic N) is 2. The summed E-state index contributed by atoms with van der Waals surface area (Å²) in [5, 5.41) is 12.0. The highest BCUT2D eigenvalue weighted by Crippen LogP contribution is 2.35. The molecule has 0 aliphatic heterocycles. The van der Waals surface area contributed by atoms with Crippen LogP contribution in [0.5, 0.6) is 5.75 Å². The number of rotatable bonds is 9. The number of aromatic nitrogens is 2. The number of aliphatic hydroxyl groups excluding tert-OH is 1. The molecule has 0 fully saturated rings. The molecule has 0 radical (unpaired) electrons. The number of thiophene rings is 1. The van der Waals surface area contributed by atoms with E-state index in [9.17, 15) is 9.90 Å². The predicted octanol–water partition coefficient (Wildman–Crippen LogP) is 4.05. The van der Waals surface area contributed by atoms with Gasteiger partial charge < -0.3 is 14.6 Å². The zero-order chi connectivity index (χ0) is 22.8. The van der Waals surface area contributed by atoms with E-state index >= 15 is 0 Å². The zero-order valence-electron chi connectivity index (χ0n) is 19.1. The van der Waals surface area contributed by atoms with Crippen molar-refractivity contribution in [2.45, 2.75) is 57.8 Å². The molecular weight excluding hydrogens is 444 g/mol. The first-order valence-electron chi connectivity index (χ1n) is 10.9. The van der Waals surface area contributed by atoms with E-state index in [0.29, 0.717) is 24.1 Å². The molecule has 8 heteroatoms. The van der Waals surface area contributed by atoms with Crippen LogP contribution in [0.1, 0.15) is 33.6 Å². The summed E-state index contributed by atoms with van der Waals surface area (Å²) >= 11 is 3.03. The average molecular weight is 475 g/mol. The Kier molecular flexibility index (Phi) is 7.24. The molecule has 1 aliphatic carbocycles. The van der Waals surface area contributed by atoms with Gasteiger partial charge in [0.15, 0.2) is 5.16 Å². The van der Waals surface area contributed by atoms with E-state index in [0.717, 1.165) is 51.9 Å². The Morgan fingerprint density at radius 2 is 2.03 bits per heavy atom. The van der Waals surface area contributed by atoms with Gasteiger partial charge >= 0.3 is 0 Å². The van der Waals surface area contributed by atoms with Crippen LogP contribution in [0.25, 0.3) is 10.2 Å². The van der Waals surface area contributed by atoms with Crippen molar-refractivity contribution in [2.24, 2.45) is 0 Å². The van der Waals surface area contributed by atoms with Crippen LogP contribution in [0.3, 0.4) is 0 Å². The molecule has 1 N–H and O–H groups in total. The fourth-order valence-corrected chi connectivity index (χ4v) is 6.33. The van der Waals surface area contributed by atoms with Crippen LogP contribution in [-0.4, -0.2) is 46.8 Å². The molecule has 0 spiro atoms. The minimum Gasteiger partial charge on any atom is -0.490 e. The molecule has 6 nitrogen and oxygen atoms in total. The first kappa shape index (κ1) is 23.3. The number of methoxy groups -OCH3 is 1. The number of benzene rings is 1. The summed E-state index contributed by atoms with van der Waals surface area (Å²) in [7, 11) is 1.63. The van der Waals surface area contributed by atoms with Crippen LogP contribution >= 0.6 is 23.1 Å². The smallest absolute Gasteiger partial charge is 0.263 e. The van der Waals surface area contributed by atoms with Crippen molar-refractivity contribution in [3.63, 3.8) is 0 Å². The Labute approximate surface area is 196 Å². The maximum absolute atomic E-state index is 13.3. The molecule has 1 atom stereocenters. The number of thioether (sulfide) groups is 1. The summed E-state index contributed by atoms with van der Waals surface area (Å²) in [6.45, 7) is 7.16. The Morgan fingerprint density at radius 3 is 2.81 bits per heavy atom. The van der Waals surface area contributed by atoms with Crippen molar-refractivity contribution in [2.75, 3.05) is 26.1 Å². The standard InChI is InChI=1S/C24H30N2O4S2/c1-14-8-9-15(2)21(16(14)3)30-12-17(27)13-31-24-25-22-20(18-6-5-7-19(18)32-22)23(28)26(24)10-11-29-4/h8-9,17,27H,5-7,10-13H2,1-4H3/t17-/m0/s1. The summed E-state index contributed by atoms with van der Waals surface area (Å²) in [5.74, 6) is 1.22. The van der Waals surface area contributed by atoms with Crippen LogP contribution in [0.15, 0.2) is 22.1 Å². The van der Waals surface area contributed by atoms with Gasteiger partial charge in [-0.1, -0.05) is 23.9 Å². The summed E-state index contributed by atoms with van der Waals surface area (Å²) in [5.41, 5.74) is 4.50. The second kappa shape index (κ2) is 9.95. The molecule has 3 aromatic rings. The van der Waals surface area contributed by atoms with Gasteiger partial charge in [-0.05, 0) is 62.3 Å². The first-order chi connectivity index (χ1) is 15.4. The minimum atomic E-state index is -0.684. The third-order valence-corrected chi connectivity index (χ3v) is 8.31. The SMILES string of the molecule is COCCn1c(SC[C@@H](O)COc2c(C)ccc(C)c2C)nc2sc3c(c2c1=O)CCC3. The number of ether oxygens (including phenoxy) is 2. The van der Waals surface area contributed by atoms with Gasteiger partial charge in [-0.2, -0.15) is 0 Å². The lowest BCUT2D eigenvalue weighted by atomic mass is 10.1. The van der Waals surface area contributed by atoms with Crippen molar-refractivity contribution >= 4 is 33.3 Å². The highest BCUT2D eigenvalue weighted by atomic mass is 32.2. The van der Waals surface area contributed by atoms with Crippen LogP contribution < -0.4 is 10.3 Å². The molecule has 2 heterocycles. The molecule has 0 saturated carbocycles. The molecule has 172 valence electrons. The second-order valence-corrected chi connectivity index (χ2v) is 10.4. The number of fused-ring (bicyclic) bond motifs is 3. The maximum atomic E-state index is 13.3. The molecule has 4 rings (SSSR count). The van der Waals surface area contributed by atoms with Crippen molar-refractivity contribution in [3.8, 4) is 5.75 Å². The average Bonchev–Trinajstić information content (AvgIpc) is 3.35. The number of hydrogen-bond donors (Lipinski definition) is 1. The van der Waals surface area contributed by atoms with E-state index in [4.69, 9.17) is 14.5 Å². The monoisotopic (exact) mass is 474 g/mol. The fraction of sp³-hybridized carbons (Fsp3) is 0.500. The number of aliphatic hydroxyl groups is 1. The minimum absolute atomic E-state index is 0.00528. The highest BCUT2D eigenvalue weighted by Gasteiger charge is 2.23. The highest BCUT2D eigenvalue weighted by molar-refractivity contribution is 7.99. The molecule has 0 saturated heterocycles. The van der Waals surface area contributed by atoms with Gasteiger partial charge in [0.1, 0.15) is 17.2 Å². The van der Waals surface area contributed by atoms with Gasteiger partial charge in [0, 0.05) is 17.7 Å². The van der Waals surface area contributed by atoms with Crippen molar-refractivity contribution in [3.05, 3.63) is 49.6 Å². The van der Waals surface area contributed by atoms with E-state index in [1.165, 1.54) is 22.2 Å². The second-order valence-electron chi connectivity index (χ2n) is 8.31. The van der Waals surface area contributed by atoms with Gasteiger partial charge in [0.2, 0.25) is 0 Å². The van der Waals surface area contributed by atoms with E-state index in [-0.39, 0.29) is 12.2 Å². The Bertz CT molecular complexity index is 1190. The molecule has 0 amide bonds. The molecule has 2 aromatic heterocycles. The van der Waals surface area contributed by atoms with Gasteiger partial charge in [-0.3, -0.25) is 9.36 Å². The van der Waals surface area contributed by atoms with Crippen LogP contribution in [0.2, 0.25) is 0 Å². The van der Waals surface area contributed by atoms with Gasteiger partial charge in [-0.15, -0.1) is 11.3 Å². The van der Waals surface area contributed by atoms with E-state index in [2.05, 4.69) is 13.0 Å². The van der Waals surface area contributed by atoms with E-state index in [1.54, 1.807) is 23.0 Å². The third kappa shape index (κ3) is 4.59. The maximum Gasteiger partial charge on any atom is 0.263 e. The van der Waals surface area contributed by atoms with Crippen molar-refractivity contribution in [1.82, 2.24) is 9.55 Å². The van der Waals surface area contributed by atoms with Gasteiger partial charge in [-0.25, -0.2) is 4.98 Å². The summed E-state index contributed by atoms with van der Waals surface area (Å²) in [6.07, 6.45) is 2.41. The van der Waals surface area contributed by atoms with Crippen molar-refractivity contribution < 1.29 is 14.6 Å². The van der Waals surface area contributed by atoms with Crippen LogP contribution in [0.4, 0.5) is 0 Å². The lowest BCUT2D eigenvalue weighted by molar-refractivity contribution is 0.125. The van der Waals surface area contributed by atoms with Crippen LogP contribution in [-0.2, 0) is 24.1 Å². The lowest BCUT2D eigenvalue weighted by Crippen LogP contribution is -2.26. The molecule has 1 aliphatic rings. The molecule has 1 aromatic carbocycles. The third-order valence-electron chi connectivity index (χ3n) is 6.01. The number of aryl methyl sites for hydroxylation is 4. The van der Waals surface area contributed by atoms with Gasteiger partial charge in [0.25, 0.3) is 5.56 Å². The normalized spacial score (nSPS) is 14.2.